The fourth-order valence-corrected chi connectivity index (χ4v) is 2.34. The molecule has 1 fully saturated rings. The van der Waals surface area contributed by atoms with Gasteiger partial charge in [0.1, 0.15) is 0 Å². The van der Waals surface area contributed by atoms with Crippen LogP contribution in [0.1, 0.15) is 48.0 Å². The van der Waals surface area contributed by atoms with Crippen molar-refractivity contribution in [1.82, 2.24) is 10.2 Å². The molecule has 0 aromatic carbocycles. The van der Waals surface area contributed by atoms with Crippen molar-refractivity contribution in [3.8, 4) is 0 Å². The second kappa shape index (κ2) is 5.05. The molecule has 1 atom stereocenters. The lowest BCUT2D eigenvalue weighted by atomic mass is 9.91. The van der Waals surface area contributed by atoms with E-state index in [4.69, 9.17) is 0 Å². The molecule has 96 valence electrons. The molecule has 1 unspecified atom stereocenters. The number of hydrogen-bond donors (Lipinski definition) is 1. The van der Waals surface area contributed by atoms with Gasteiger partial charge in [-0.15, -0.1) is 0 Å². The summed E-state index contributed by atoms with van der Waals surface area (Å²) in [7, 11) is 0. The summed E-state index contributed by atoms with van der Waals surface area (Å²) in [5.74, 6) is 0.895. The highest BCUT2D eigenvalue weighted by Crippen LogP contribution is 2.22. The fraction of sp³-hybridized carbons (Fsp3) is 1.00. The standard InChI is InChI=1S/C14H30N2/c1-12-7-8-16(9-12)11-14(5,6)10-15-13(2,3)4/h12,15H,7-11H2,1-6H3. The Labute approximate surface area is 102 Å². The van der Waals surface area contributed by atoms with Crippen molar-refractivity contribution in [1.29, 1.82) is 0 Å². The van der Waals surface area contributed by atoms with E-state index < -0.39 is 0 Å². The van der Waals surface area contributed by atoms with Crippen molar-refractivity contribution in [2.24, 2.45) is 11.3 Å². The van der Waals surface area contributed by atoms with E-state index in [0.29, 0.717) is 5.41 Å². The summed E-state index contributed by atoms with van der Waals surface area (Å²) in [4.78, 5) is 2.62. The van der Waals surface area contributed by atoms with E-state index >= 15 is 0 Å². The lowest BCUT2D eigenvalue weighted by molar-refractivity contribution is 0.187. The van der Waals surface area contributed by atoms with Gasteiger partial charge in [-0.2, -0.15) is 0 Å². The fourth-order valence-electron chi connectivity index (χ4n) is 2.34. The highest BCUT2D eigenvalue weighted by atomic mass is 15.2. The Bertz CT molecular complexity index is 215. The summed E-state index contributed by atoms with van der Waals surface area (Å²) in [6.45, 7) is 18.7. The average Bonchev–Trinajstić information content (AvgIpc) is 2.46. The maximum absolute atomic E-state index is 3.62. The molecule has 1 rings (SSSR count). The van der Waals surface area contributed by atoms with Gasteiger partial charge < -0.3 is 10.2 Å². The van der Waals surface area contributed by atoms with Crippen LogP contribution in [0.2, 0.25) is 0 Å². The van der Waals surface area contributed by atoms with Crippen LogP contribution in [0.15, 0.2) is 0 Å². The number of nitrogens with zero attached hydrogens (tertiary/aromatic N) is 1. The van der Waals surface area contributed by atoms with Crippen LogP contribution < -0.4 is 5.32 Å². The third-order valence-corrected chi connectivity index (χ3v) is 3.26. The van der Waals surface area contributed by atoms with Gasteiger partial charge in [-0.25, -0.2) is 0 Å². The predicted molar refractivity (Wildman–Crippen MR) is 71.8 cm³/mol. The van der Waals surface area contributed by atoms with Crippen molar-refractivity contribution in [3.63, 3.8) is 0 Å². The van der Waals surface area contributed by atoms with Crippen LogP contribution in [0.25, 0.3) is 0 Å². The summed E-state index contributed by atoms with van der Waals surface area (Å²) in [6.07, 6.45) is 1.38. The molecular weight excluding hydrogens is 196 g/mol. The van der Waals surface area contributed by atoms with Crippen LogP contribution in [-0.4, -0.2) is 36.6 Å². The topological polar surface area (TPSA) is 15.3 Å². The first kappa shape index (κ1) is 14.0. The predicted octanol–water partition coefficient (Wildman–Crippen LogP) is 2.74. The van der Waals surface area contributed by atoms with E-state index in [1.54, 1.807) is 0 Å². The summed E-state index contributed by atoms with van der Waals surface area (Å²) >= 11 is 0. The van der Waals surface area contributed by atoms with Crippen LogP contribution in [0.5, 0.6) is 0 Å². The lowest BCUT2D eigenvalue weighted by Gasteiger charge is -2.33. The van der Waals surface area contributed by atoms with Crippen LogP contribution in [-0.2, 0) is 0 Å². The molecule has 0 aromatic rings. The van der Waals surface area contributed by atoms with Crippen molar-refractivity contribution in [2.45, 2.75) is 53.5 Å². The normalized spacial score (nSPS) is 24.0. The SMILES string of the molecule is CC1CCN(CC(C)(C)CNC(C)(C)C)C1. The first-order valence-corrected chi connectivity index (χ1v) is 6.65. The largest absolute Gasteiger partial charge is 0.311 e. The molecule has 1 aliphatic rings. The maximum Gasteiger partial charge on any atom is 0.00967 e. The molecular formula is C14H30N2. The van der Waals surface area contributed by atoms with E-state index in [-0.39, 0.29) is 5.54 Å². The molecule has 2 heteroatoms. The van der Waals surface area contributed by atoms with Crippen LogP contribution in [0, 0.1) is 11.3 Å². The molecule has 1 aliphatic heterocycles. The first-order chi connectivity index (χ1) is 7.18. The van der Waals surface area contributed by atoms with E-state index in [2.05, 4.69) is 51.8 Å². The second-order valence-electron chi connectivity index (χ2n) is 7.40. The Morgan fingerprint density at radius 3 is 2.25 bits per heavy atom. The molecule has 0 saturated carbocycles. The molecule has 0 amide bonds. The van der Waals surface area contributed by atoms with Crippen LogP contribution in [0.4, 0.5) is 0 Å². The van der Waals surface area contributed by atoms with Gasteiger partial charge in [0.2, 0.25) is 0 Å². The highest BCUT2D eigenvalue weighted by Gasteiger charge is 2.27. The number of rotatable bonds is 4. The van der Waals surface area contributed by atoms with Gasteiger partial charge in [-0.05, 0) is 45.1 Å². The van der Waals surface area contributed by atoms with Gasteiger partial charge in [0.05, 0.1) is 0 Å². The maximum atomic E-state index is 3.62. The van der Waals surface area contributed by atoms with Gasteiger partial charge in [-0.1, -0.05) is 20.8 Å². The summed E-state index contributed by atoms with van der Waals surface area (Å²) < 4.78 is 0. The van der Waals surface area contributed by atoms with Gasteiger partial charge in [0.15, 0.2) is 0 Å². The van der Waals surface area contributed by atoms with Gasteiger partial charge in [-0.3, -0.25) is 0 Å². The third kappa shape index (κ3) is 5.31. The summed E-state index contributed by atoms with van der Waals surface area (Å²) in [6, 6.07) is 0. The number of nitrogens with one attached hydrogen (secondary N) is 1. The zero-order valence-electron chi connectivity index (χ0n) is 12.1. The zero-order valence-corrected chi connectivity index (χ0v) is 12.1. The highest BCUT2D eigenvalue weighted by molar-refractivity contribution is 4.83. The zero-order chi connectivity index (χ0) is 12.4. The molecule has 0 spiro atoms. The van der Waals surface area contributed by atoms with Gasteiger partial charge >= 0.3 is 0 Å². The monoisotopic (exact) mass is 226 g/mol. The minimum atomic E-state index is 0.232. The lowest BCUT2D eigenvalue weighted by Crippen LogP contribution is -2.46. The molecule has 16 heavy (non-hydrogen) atoms. The van der Waals surface area contributed by atoms with Gasteiger partial charge in [0.25, 0.3) is 0 Å². The van der Waals surface area contributed by atoms with E-state index in [1.165, 1.54) is 26.1 Å². The van der Waals surface area contributed by atoms with Crippen molar-refractivity contribution in [3.05, 3.63) is 0 Å². The quantitative estimate of drug-likeness (QED) is 0.793. The van der Waals surface area contributed by atoms with Gasteiger partial charge in [0, 0.05) is 25.2 Å². The molecule has 1 heterocycles. The van der Waals surface area contributed by atoms with E-state index in [1.807, 2.05) is 0 Å². The van der Waals surface area contributed by atoms with E-state index in [9.17, 15) is 0 Å². The third-order valence-electron chi connectivity index (χ3n) is 3.26. The molecule has 0 radical (unpaired) electrons. The molecule has 0 aromatic heterocycles. The van der Waals surface area contributed by atoms with Crippen molar-refractivity contribution < 1.29 is 0 Å². The Kier molecular flexibility index (Phi) is 4.42. The van der Waals surface area contributed by atoms with E-state index in [0.717, 1.165) is 12.5 Å². The Hall–Kier alpha value is -0.0800. The van der Waals surface area contributed by atoms with Crippen LogP contribution >= 0.6 is 0 Å². The number of likely N-dealkylation sites (tertiary alicyclic amines) is 1. The number of hydrogen-bond acceptors (Lipinski definition) is 2. The first-order valence-electron chi connectivity index (χ1n) is 6.65. The van der Waals surface area contributed by atoms with Crippen molar-refractivity contribution >= 4 is 0 Å². The minimum absolute atomic E-state index is 0.232. The molecule has 0 aliphatic carbocycles. The second-order valence-corrected chi connectivity index (χ2v) is 7.40. The van der Waals surface area contributed by atoms with Crippen LogP contribution in [0.3, 0.4) is 0 Å². The Morgan fingerprint density at radius 2 is 1.81 bits per heavy atom. The molecule has 0 bridgehead atoms. The molecule has 1 saturated heterocycles. The smallest absolute Gasteiger partial charge is 0.00967 e. The average molecular weight is 226 g/mol. The molecule has 1 N–H and O–H groups in total. The Balaban J connectivity index is 2.33. The molecule has 2 nitrogen and oxygen atoms in total. The minimum Gasteiger partial charge on any atom is -0.311 e. The Morgan fingerprint density at radius 1 is 1.19 bits per heavy atom. The van der Waals surface area contributed by atoms with Crippen molar-refractivity contribution in [2.75, 3.05) is 26.2 Å². The summed E-state index contributed by atoms with van der Waals surface area (Å²) in [5, 5.41) is 3.62. The summed E-state index contributed by atoms with van der Waals surface area (Å²) in [5.41, 5.74) is 0.604.